The van der Waals surface area contributed by atoms with Crippen LogP contribution in [0.15, 0.2) is 23.0 Å². The van der Waals surface area contributed by atoms with Gasteiger partial charge in [0, 0.05) is 13.1 Å². The Kier molecular flexibility index (Phi) is 1.36. The number of phenolic OH excluding ortho intramolecular Hbond substituents is 1. The molecule has 1 aromatic heterocycles. The zero-order valence-electron chi connectivity index (χ0n) is 7.06. The molecule has 0 fully saturated rings. The lowest BCUT2D eigenvalue weighted by atomic mass is 10.3. The number of nitrogens with zero attached hydrogens (tertiary/aromatic N) is 2. The number of rotatable bonds is 0. The number of nitrogen functional groups attached to an aromatic ring is 1. The highest BCUT2D eigenvalue weighted by Crippen LogP contribution is 2.16. The van der Waals surface area contributed by atoms with Gasteiger partial charge in [-0.05, 0) is 12.1 Å². The molecule has 2 aromatic rings. The highest BCUT2D eigenvalue weighted by molar-refractivity contribution is 5.77. The number of phenols is 1. The van der Waals surface area contributed by atoms with Gasteiger partial charge in [0.1, 0.15) is 5.75 Å². The SMILES string of the molecule is Cn1c(=O)n(N)c2cc(O)ccc21. The second-order valence-corrected chi connectivity index (χ2v) is 2.88. The van der Waals surface area contributed by atoms with Crippen molar-refractivity contribution >= 4 is 11.0 Å². The number of hydrogen-bond donors (Lipinski definition) is 2. The molecule has 0 unspecified atom stereocenters. The molecule has 0 saturated carbocycles. The van der Waals surface area contributed by atoms with Gasteiger partial charge < -0.3 is 10.9 Å². The first-order valence-corrected chi connectivity index (χ1v) is 3.77. The molecule has 0 spiro atoms. The van der Waals surface area contributed by atoms with Crippen molar-refractivity contribution in [1.29, 1.82) is 0 Å². The number of nitrogens with two attached hydrogens (primary N) is 1. The average molecular weight is 179 g/mol. The molecule has 0 radical (unpaired) electrons. The summed E-state index contributed by atoms with van der Waals surface area (Å²) < 4.78 is 2.43. The lowest BCUT2D eigenvalue weighted by Crippen LogP contribution is -2.27. The van der Waals surface area contributed by atoms with Crippen LogP contribution in [0.3, 0.4) is 0 Å². The number of imidazole rings is 1. The molecule has 5 nitrogen and oxygen atoms in total. The van der Waals surface area contributed by atoms with Crippen LogP contribution in [0.2, 0.25) is 0 Å². The van der Waals surface area contributed by atoms with Crippen LogP contribution in [0.1, 0.15) is 0 Å². The number of fused-ring (bicyclic) bond motifs is 1. The van der Waals surface area contributed by atoms with Crippen molar-refractivity contribution in [3.63, 3.8) is 0 Å². The van der Waals surface area contributed by atoms with Crippen molar-refractivity contribution in [2.75, 3.05) is 5.84 Å². The van der Waals surface area contributed by atoms with E-state index in [-0.39, 0.29) is 11.4 Å². The Balaban J connectivity index is 3.04. The van der Waals surface area contributed by atoms with Gasteiger partial charge in [0.2, 0.25) is 0 Å². The van der Waals surface area contributed by atoms with Crippen LogP contribution in [0.5, 0.6) is 5.75 Å². The standard InChI is InChI=1S/C8H9N3O2/c1-10-6-3-2-5(12)4-7(6)11(9)8(10)13/h2-4,12H,9H2,1H3. The zero-order chi connectivity index (χ0) is 9.59. The van der Waals surface area contributed by atoms with Crippen LogP contribution in [0, 0.1) is 0 Å². The van der Waals surface area contributed by atoms with Crippen LogP contribution in [-0.4, -0.2) is 14.3 Å². The molecule has 1 heterocycles. The van der Waals surface area contributed by atoms with E-state index in [1.807, 2.05) is 0 Å². The van der Waals surface area contributed by atoms with E-state index in [2.05, 4.69) is 0 Å². The number of aromatic nitrogens is 2. The van der Waals surface area contributed by atoms with E-state index >= 15 is 0 Å². The third-order valence-electron chi connectivity index (χ3n) is 2.07. The first kappa shape index (κ1) is 7.72. The second kappa shape index (κ2) is 2.29. The summed E-state index contributed by atoms with van der Waals surface area (Å²) in [6, 6.07) is 4.62. The number of aryl methyl sites for hydroxylation is 1. The number of hydrogen-bond acceptors (Lipinski definition) is 3. The van der Waals surface area contributed by atoms with E-state index in [1.165, 1.54) is 16.7 Å². The molecule has 0 aliphatic carbocycles. The minimum atomic E-state index is -0.305. The molecule has 1 aromatic carbocycles. The minimum absolute atomic E-state index is 0.0947. The van der Waals surface area contributed by atoms with E-state index in [0.717, 1.165) is 4.68 Å². The van der Waals surface area contributed by atoms with Gasteiger partial charge in [-0.3, -0.25) is 4.57 Å². The Morgan fingerprint density at radius 1 is 1.38 bits per heavy atom. The van der Waals surface area contributed by atoms with E-state index in [4.69, 9.17) is 5.84 Å². The fourth-order valence-electron chi connectivity index (χ4n) is 1.36. The van der Waals surface area contributed by atoms with Crippen molar-refractivity contribution in [3.8, 4) is 5.75 Å². The van der Waals surface area contributed by atoms with Gasteiger partial charge in [-0.2, -0.15) is 0 Å². The van der Waals surface area contributed by atoms with Crippen LogP contribution < -0.4 is 11.5 Å². The first-order valence-electron chi connectivity index (χ1n) is 3.77. The summed E-state index contributed by atoms with van der Waals surface area (Å²) in [7, 11) is 1.63. The molecule has 0 aliphatic heterocycles. The smallest absolute Gasteiger partial charge is 0.347 e. The molecule has 0 saturated heterocycles. The molecule has 3 N–H and O–H groups in total. The van der Waals surface area contributed by atoms with Crippen LogP contribution >= 0.6 is 0 Å². The summed E-state index contributed by atoms with van der Waals surface area (Å²) in [5, 5.41) is 9.17. The van der Waals surface area contributed by atoms with Crippen molar-refractivity contribution in [3.05, 3.63) is 28.7 Å². The monoisotopic (exact) mass is 179 g/mol. The Morgan fingerprint density at radius 3 is 2.77 bits per heavy atom. The van der Waals surface area contributed by atoms with Gasteiger partial charge in [0.05, 0.1) is 11.0 Å². The zero-order valence-corrected chi connectivity index (χ0v) is 7.06. The average Bonchev–Trinajstić information content (AvgIpc) is 2.32. The number of benzene rings is 1. The Bertz CT molecular complexity index is 524. The molecule has 68 valence electrons. The van der Waals surface area contributed by atoms with Gasteiger partial charge in [0.25, 0.3) is 0 Å². The van der Waals surface area contributed by atoms with Crippen molar-refractivity contribution in [2.24, 2.45) is 7.05 Å². The summed E-state index contributed by atoms with van der Waals surface area (Å²) in [6.07, 6.45) is 0. The lowest BCUT2D eigenvalue weighted by molar-refractivity contribution is 0.476. The Morgan fingerprint density at radius 2 is 2.08 bits per heavy atom. The van der Waals surface area contributed by atoms with Gasteiger partial charge in [-0.1, -0.05) is 0 Å². The van der Waals surface area contributed by atoms with Crippen molar-refractivity contribution in [2.45, 2.75) is 0 Å². The maximum Gasteiger partial charge on any atom is 0.347 e. The van der Waals surface area contributed by atoms with E-state index in [9.17, 15) is 9.90 Å². The fourth-order valence-corrected chi connectivity index (χ4v) is 1.36. The predicted molar refractivity (Wildman–Crippen MR) is 49.0 cm³/mol. The minimum Gasteiger partial charge on any atom is -0.508 e. The normalized spacial score (nSPS) is 10.8. The molecule has 0 amide bonds. The lowest BCUT2D eigenvalue weighted by Gasteiger charge is -1.94. The Hall–Kier alpha value is -1.91. The quantitative estimate of drug-likeness (QED) is 0.548. The van der Waals surface area contributed by atoms with E-state index < -0.39 is 0 Å². The van der Waals surface area contributed by atoms with Crippen LogP contribution in [-0.2, 0) is 7.05 Å². The Labute approximate surface area is 73.6 Å². The molecular weight excluding hydrogens is 170 g/mol. The van der Waals surface area contributed by atoms with Gasteiger partial charge in [0.15, 0.2) is 0 Å². The highest BCUT2D eigenvalue weighted by atomic mass is 16.3. The maximum atomic E-state index is 11.3. The van der Waals surface area contributed by atoms with Gasteiger partial charge >= 0.3 is 5.69 Å². The summed E-state index contributed by atoms with van der Waals surface area (Å²) >= 11 is 0. The molecule has 0 aliphatic rings. The first-order chi connectivity index (χ1) is 6.11. The third-order valence-corrected chi connectivity index (χ3v) is 2.07. The van der Waals surface area contributed by atoms with Crippen LogP contribution in [0.4, 0.5) is 0 Å². The molecular formula is C8H9N3O2. The summed E-state index contributed by atoms with van der Waals surface area (Å²) in [5.74, 6) is 5.57. The molecule has 13 heavy (non-hydrogen) atoms. The van der Waals surface area contributed by atoms with Crippen molar-refractivity contribution in [1.82, 2.24) is 9.24 Å². The third kappa shape index (κ3) is 0.900. The maximum absolute atomic E-state index is 11.3. The van der Waals surface area contributed by atoms with Crippen LogP contribution in [0.25, 0.3) is 11.0 Å². The largest absolute Gasteiger partial charge is 0.508 e. The highest BCUT2D eigenvalue weighted by Gasteiger charge is 2.07. The van der Waals surface area contributed by atoms with Gasteiger partial charge in [-0.25, -0.2) is 9.47 Å². The summed E-state index contributed by atoms with van der Waals surface area (Å²) in [6.45, 7) is 0. The number of aromatic hydroxyl groups is 1. The molecule has 5 heteroatoms. The van der Waals surface area contributed by atoms with E-state index in [1.54, 1.807) is 13.1 Å². The molecule has 0 atom stereocenters. The summed E-state index contributed by atoms with van der Waals surface area (Å²) in [5.41, 5.74) is 0.915. The van der Waals surface area contributed by atoms with Gasteiger partial charge in [-0.15, -0.1) is 0 Å². The predicted octanol–water partition coefficient (Wildman–Crippen LogP) is -0.241. The summed E-state index contributed by atoms with van der Waals surface area (Å²) in [4.78, 5) is 11.3. The van der Waals surface area contributed by atoms with Crippen molar-refractivity contribution < 1.29 is 5.11 Å². The second-order valence-electron chi connectivity index (χ2n) is 2.88. The molecule has 0 bridgehead atoms. The van der Waals surface area contributed by atoms with E-state index in [0.29, 0.717) is 11.0 Å². The topological polar surface area (TPSA) is 73.2 Å². The fraction of sp³-hybridized carbons (Fsp3) is 0.125. The molecule has 2 rings (SSSR count).